The fourth-order valence-electron chi connectivity index (χ4n) is 3.04. The third-order valence-corrected chi connectivity index (χ3v) is 5.50. The number of halogens is 1. The van der Waals surface area contributed by atoms with Crippen LogP contribution in [0.3, 0.4) is 0 Å². The predicted molar refractivity (Wildman–Crippen MR) is 93.7 cm³/mol. The van der Waals surface area contributed by atoms with Crippen molar-refractivity contribution in [3.05, 3.63) is 15.7 Å². The lowest BCUT2D eigenvalue weighted by Gasteiger charge is -2.12. The molecule has 2 aromatic heterocycles. The summed E-state index contributed by atoms with van der Waals surface area (Å²) in [7, 11) is 0. The molecule has 0 spiro atoms. The van der Waals surface area contributed by atoms with Crippen molar-refractivity contribution in [1.82, 2.24) is 9.97 Å². The minimum atomic E-state index is -0.729. The topological polar surface area (TPSA) is 75.1 Å². The van der Waals surface area contributed by atoms with Crippen LogP contribution in [0, 0.1) is 0 Å². The Balaban J connectivity index is 1.70. The molecule has 3 rings (SSSR count). The SMILES string of the molecule is O=C(O)CCCCCNc1nc(Cl)nc2sc3c(c12)CCCC3. The lowest BCUT2D eigenvalue weighted by molar-refractivity contribution is -0.137. The van der Waals surface area contributed by atoms with Crippen molar-refractivity contribution in [2.75, 3.05) is 11.9 Å². The molecule has 0 radical (unpaired) electrons. The van der Waals surface area contributed by atoms with E-state index in [1.807, 2.05) is 0 Å². The van der Waals surface area contributed by atoms with Gasteiger partial charge in [0.15, 0.2) is 0 Å². The molecule has 2 heterocycles. The molecule has 5 nitrogen and oxygen atoms in total. The summed E-state index contributed by atoms with van der Waals surface area (Å²) in [5.74, 6) is 0.102. The standard InChI is InChI=1S/C16H20ClN3O2S/c17-16-19-14(18-9-5-1-2-8-12(21)22)13-10-6-3-4-7-11(10)23-15(13)20-16/h1-9H2,(H,21,22)(H,18,19,20). The van der Waals surface area contributed by atoms with Crippen LogP contribution in [0.5, 0.6) is 0 Å². The maximum absolute atomic E-state index is 10.5. The van der Waals surface area contributed by atoms with Gasteiger partial charge in [-0.25, -0.2) is 9.97 Å². The van der Waals surface area contributed by atoms with Crippen molar-refractivity contribution in [2.24, 2.45) is 0 Å². The summed E-state index contributed by atoms with van der Waals surface area (Å²) < 4.78 is 0. The Morgan fingerprint density at radius 3 is 2.87 bits per heavy atom. The van der Waals surface area contributed by atoms with Gasteiger partial charge in [0, 0.05) is 17.8 Å². The summed E-state index contributed by atoms with van der Waals surface area (Å²) >= 11 is 7.80. The largest absolute Gasteiger partial charge is 0.481 e. The highest BCUT2D eigenvalue weighted by Crippen LogP contribution is 2.39. The first-order chi connectivity index (χ1) is 11.1. The Bertz CT molecular complexity index is 717. The van der Waals surface area contributed by atoms with Crippen LogP contribution >= 0.6 is 22.9 Å². The normalized spacial score (nSPS) is 14.0. The van der Waals surface area contributed by atoms with Gasteiger partial charge in [0.05, 0.1) is 5.39 Å². The van der Waals surface area contributed by atoms with Crippen LogP contribution in [0.1, 0.15) is 49.0 Å². The van der Waals surface area contributed by atoms with Gasteiger partial charge < -0.3 is 10.4 Å². The Morgan fingerprint density at radius 2 is 2.04 bits per heavy atom. The van der Waals surface area contributed by atoms with E-state index in [4.69, 9.17) is 16.7 Å². The molecular weight excluding hydrogens is 334 g/mol. The second-order valence-corrected chi connectivity index (χ2v) is 7.29. The van der Waals surface area contributed by atoms with E-state index in [0.717, 1.165) is 48.3 Å². The molecule has 0 saturated heterocycles. The molecule has 7 heteroatoms. The second-order valence-electron chi connectivity index (χ2n) is 5.86. The molecule has 0 aromatic carbocycles. The van der Waals surface area contributed by atoms with Gasteiger partial charge in [0.2, 0.25) is 5.28 Å². The van der Waals surface area contributed by atoms with E-state index in [-0.39, 0.29) is 11.7 Å². The first-order valence-corrected chi connectivity index (χ1v) is 9.28. The first-order valence-electron chi connectivity index (χ1n) is 8.08. The number of carboxylic acids is 1. The quantitative estimate of drug-likeness (QED) is 0.574. The van der Waals surface area contributed by atoms with Crippen molar-refractivity contribution < 1.29 is 9.90 Å². The van der Waals surface area contributed by atoms with Crippen LogP contribution in [0.15, 0.2) is 0 Å². The number of hydrogen-bond donors (Lipinski definition) is 2. The van der Waals surface area contributed by atoms with Crippen LogP contribution in [0.25, 0.3) is 10.2 Å². The van der Waals surface area contributed by atoms with Crippen LogP contribution in [-0.4, -0.2) is 27.6 Å². The summed E-state index contributed by atoms with van der Waals surface area (Å²) in [5.41, 5.74) is 1.39. The van der Waals surface area contributed by atoms with Crippen LogP contribution in [-0.2, 0) is 17.6 Å². The highest BCUT2D eigenvalue weighted by Gasteiger charge is 2.20. The van der Waals surface area contributed by atoms with Crippen LogP contribution < -0.4 is 5.32 Å². The number of nitrogens with one attached hydrogen (secondary N) is 1. The zero-order valence-corrected chi connectivity index (χ0v) is 14.5. The third kappa shape index (κ3) is 3.93. The number of aliphatic carboxylic acids is 1. The van der Waals surface area contributed by atoms with Crippen LogP contribution in [0.2, 0.25) is 5.28 Å². The number of thiophene rings is 1. The Kier molecular flexibility index (Phi) is 5.33. The smallest absolute Gasteiger partial charge is 0.303 e. The van der Waals surface area contributed by atoms with Crippen molar-refractivity contribution in [1.29, 1.82) is 0 Å². The fourth-order valence-corrected chi connectivity index (χ4v) is 4.52. The molecule has 23 heavy (non-hydrogen) atoms. The van der Waals surface area contributed by atoms with E-state index in [9.17, 15) is 4.79 Å². The number of carboxylic acid groups (broad SMARTS) is 1. The highest BCUT2D eigenvalue weighted by molar-refractivity contribution is 7.19. The number of unbranched alkanes of at least 4 members (excludes halogenated alkanes) is 2. The molecule has 0 atom stereocenters. The zero-order valence-electron chi connectivity index (χ0n) is 12.9. The van der Waals surface area contributed by atoms with Gasteiger partial charge in [0.25, 0.3) is 0 Å². The molecule has 0 fully saturated rings. The number of carbonyl (C=O) groups is 1. The molecule has 0 amide bonds. The van der Waals surface area contributed by atoms with Gasteiger partial charge in [-0.1, -0.05) is 6.42 Å². The molecule has 2 N–H and O–H groups in total. The lowest BCUT2D eigenvalue weighted by atomic mass is 9.97. The molecule has 0 aliphatic heterocycles. The molecule has 0 bridgehead atoms. The number of fused-ring (bicyclic) bond motifs is 3. The van der Waals surface area contributed by atoms with Gasteiger partial charge in [-0.2, -0.15) is 0 Å². The number of nitrogens with zero attached hydrogens (tertiary/aromatic N) is 2. The van der Waals surface area contributed by atoms with E-state index in [1.165, 1.54) is 23.3 Å². The molecule has 0 saturated carbocycles. The third-order valence-electron chi connectivity index (χ3n) is 4.15. The fraction of sp³-hybridized carbons (Fsp3) is 0.562. The Morgan fingerprint density at radius 1 is 1.22 bits per heavy atom. The van der Waals surface area contributed by atoms with E-state index in [2.05, 4.69) is 15.3 Å². The van der Waals surface area contributed by atoms with Crippen molar-refractivity contribution >= 4 is 44.9 Å². The van der Waals surface area contributed by atoms with Gasteiger partial charge in [-0.3, -0.25) is 4.79 Å². The van der Waals surface area contributed by atoms with Gasteiger partial charge in [-0.05, 0) is 55.7 Å². The molecule has 1 aliphatic rings. The number of anilines is 1. The Hall–Kier alpha value is -1.40. The second kappa shape index (κ2) is 7.45. The van der Waals surface area contributed by atoms with Crippen molar-refractivity contribution in [3.63, 3.8) is 0 Å². The first kappa shape index (κ1) is 16.5. The molecular formula is C16H20ClN3O2S. The highest BCUT2D eigenvalue weighted by atomic mass is 35.5. The minimum absolute atomic E-state index is 0.238. The van der Waals surface area contributed by atoms with E-state index in [1.54, 1.807) is 11.3 Å². The minimum Gasteiger partial charge on any atom is -0.481 e. The molecule has 124 valence electrons. The summed E-state index contributed by atoms with van der Waals surface area (Å²) in [6.45, 7) is 0.771. The van der Waals surface area contributed by atoms with Gasteiger partial charge in [0.1, 0.15) is 10.6 Å². The number of aromatic nitrogens is 2. The summed E-state index contributed by atoms with van der Waals surface area (Å²) in [6, 6.07) is 0. The monoisotopic (exact) mass is 353 g/mol. The lowest BCUT2D eigenvalue weighted by Crippen LogP contribution is -2.06. The number of rotatable bonds is 7. The molecule has 0 unspecified atom stereocenters. The number of hydrogen-bond acceptors (Lipinski definition) is 5. The predicted octanol–water partition coefficient (Wildman–Crippen LogP) is 4.28. The van der Waals surface area contributed by atoms with Gasteiger partial charge >= 0.3 is 5.97 Å². The summed E-state index contributed by atoms with van der Waals surface area (Å²) in [6.07, 6.45) is 7.44. The van der Waals surface area contributed by atoms with Crippen LogP contribution in [0.4, 0.5) is 5.82 Å². The molecule has 1 aliphatic carbocycles. The summed E-state index contributed by atoms with van der Waals surface area (Å²) in [5, 5.41) is 13.4. The average molecular weight is 354 g/mol. The van der Waals surface area contributed by atoms with Crippen molar-refractivity contribution in [2.45, 2.75) is 51.4 Å². The average Bonchev–Trinajstić information content (AvgIpc) is 2.88. The van der Waals surface area contributed by atoms with Gasteiger partial charge in [-0.15, -0.1) is 11.3 Å². The van der Waals surface area contributed by atoms with E-state index < -0.39 is 5.97 Å². The Labute approximate surface area is 144 Å². The number of aryl methyl sites for hydroxylation is 2. The zero-order chi connectivity index (χ0) is 16.2. The maximum Gasteiger partial charge on any atom is 0.303 e. The van der Waals surface area contributed by atoms with E-state index in [0.29, 0.717) is 6.42 Å². The molecule has 2 aromatic rings. The maximum atomic E-state index is 10.5. The van der Waals surface area contributed by atoms with Crippen molar-refractivity contribution in [3.8, 4) is 0 Å². The summed E-state index contributed by atoms with van der Waals surface area (Å²) in [4.78, 5) is 21.7. The van der Waals surface area contributed by atoms with E-state index >= 15 is 0 Å².